The quantitative estimate of drug-likeness (QED) is 0.893. The summed E-state index contributed by atoms with van der Waals surface area (Å²) < 4.78 is 1.93. The second-order valence-corrected chi connectivity index (χ2v) is 6.98. The predicted molar refractivity (Wildman–Crippen MR) is 99.9 cm³/mol. The number of nitrogens with two attached hydrogens (primary N) is 1. The van der Waals surface area contributed by atoms with Crippen molar-refractivity contribution >= 4 is 11.8 Å². The number of primary amides is 1. The van der Waals surface area contributed by atoms with Crippen molar-refractivity contribution in [3.63, 3.8) is 0 Å². The number of carbonyl (C=O) groups excluding carboxylic acids is 2. The van der Waals surface area contributed by atoms with Crippen LogP contribution in [0.25, 0.3) is 5.69 Å². The standard InChI is InChI=1S/C20H26N4O2/c1-14-18(15(2)24(22-14)17-8-4-3-5-9-17)10-11-19(25)23-12-6-7-16(13-23)20(21)26/h3-5,8-9,16H,6-7,10-13H2,1-2H3,(H2,21,26)/t16-/m0/s1. The van der Waals surface area contributed by atoms with Crippen LogP contribution in [0.1, 0.15) is 36.2 Å². The van der Waals surface area contributed by atoms with E-state index in [-0.39, 0.29) is 17.7 Å². The lowest BCUT2D eigenvalue weighted by atomic mass is 9.97. The summed E-state index contributed by atoms with van der Waals surface area (Å²) in [4.78, 5) is 25.8. The average molecular weight is 354 g/mol. The molecular weight excluding hydrogens is 328 g/mol. The Hall–Kier alpha value is -2.63. The Bertz CT molecular complexity index is 798. The Morgan fingerprint density at radius 2 is 1.96 bits per heavy atom. The highest BCUT2D eigenvalue weighted by Crippen LogP contribution is 2.21. The van der Waals surface area contributed by atoms with Crippen molar-refractivity contribution in [2.45, 2.75) is 39.5 Å². The number of aromatic nitrogens is 2. The maximum Gasteiger partial charge on any atom is 0.222 e. The van der Waals surface area contributed by atoms with Crippen molar-refractivity contribution in [2.24, 2.45) is 11.7 Å². The molecule has 1 saturated heterocycles. The lowest BCUT2D eigenvalue weighted by molar-refractivity contribution is -0.134. The number of hydrogen-bond acceptors (Lipinski definition) is 3. The minimum Gasteiger partial charge on any atom is -0.369 e. The van der Waals surface area contributed by atoms with E-state index in [0.717, 1.165) is 35.5 Å². The van der Waals surface area contributed by atoms with Gasteiger partial charge < -0.3 is 10.6 Å². The summed E-state index contributed by atoms with van der Waals surface area (Å²) in [5.41, 5.74) is 9.56. The number of piperidine rings is 1. The summed E-state index contributed by atoms with van der Waals surface area (Å²) in [6, 6.07) is 9.99. The van der Waals surface area contributed by atoms with E-state index in [9.17, 15) is 9.59 Å². The highest BCUT2D eigenvalue weighted by atomic mass is 16.2. The van der Waals surface area contributed by atoms with Gasteiger partial charge in [-0.15, -0.1) is 0 Å². The zero-order valence-electron chi connectivity index (χ0n) is 15.4. The molecule has 1 aromatic carbocycles. The minimum absolute atomic E-state index is 0.0854. The maximum atomic E-state index is 12.6. The van der Waals surface area contributed by atoms with Gasteiger partial charge in [0.15, 0.2) is 0 Å². The van der Waals surface area contributed by atoms with E-state index in [0.29, 0.717) is 25.9 Å². The molecule has 0 unspecified atom stereocenters. The fraction of sp³-hybridized carbons (Fsp3) is 0.450. The van der Waals surface area contributed by atoms with Gasteiger partial charge in [-0.25, -0.2) is 4.68 Å². The summed E-state index contributed by atoms with van der Waals surface area (Å²) in [6.45, 7) is 5.19. The normalized spacial score (nSPS) is 17.3. The van der Waals surface area contributed by atoms with E-state index in [1.807, 2.05) is 48.9 Å². The van der Waals surface area contributed by atoms with Crippen LogP contribution in [-0.4, -0.2) is 39.6 Å². The van der Waals surface area contributed by atoms with Crippen LogP contribution < -0.4 is 5.73 Å². The number of hydrogen-bond donors (Lipinski definition) is 1. The fourth-order valence-corrected chi connectivity index (χ4v) is 3.68. The van der Waals surface area contributed by atoms with Crippen molar-refractivity contribution in [2.75, 3.05) is 13.1 Å². The van der Waals surface area contributed by atoms with Crippen LogP contribution in [0.5, 0.6) is 0 Å². The molecule has 1 aromatic heterocycles. The van der Waals surface area contributed by atoms with E-state index >= 15 is 0 Å². The highest BCUT2D eigenvalue weighted by molar-refractivity contribution is 5.80. The lowest BCUT2D eigenvalue weighted by Gasteiger charge is -2.31. The number of nitrogens with zero attached hydrogens (tertiary/aromatic N) is 3. The number of benzene rings is 1. The average Bonchev–Trinajstić information content (AvgIpc) is 2.94. The molecule has 2 N–H and O–H groups in total. The van der Waals surface area contributed by atoms with Gasteiger partial charge in [0, 0.05) is 25.2 Å². The first kappa shape index (κ1) is 18.2. The molecule has 0 bridgehead atoms. The van der Waals surface area contributed by atoms with Gasteiger partial charge in [-0.05, 0) is 50.8 Å². The second-order valence-electron chi connectivity index (χ2n) is 6.98. The Morgan fingerprint density at radius 3 is 2.65 bits per heavy atom. The monoisotopic (exact) mass is 354 g/mol. The summed E-state index contributed by atoms with van der Waals surface area (Å²) in [5.74, 6) is -0.433. The topological polar surface area (TPSA) is 81.2 Å². The molecule has 6 heteroatoms. The van der Waals surface area contributed by atoms with E-state index in [1.165, 1.54) is 0 Å². The third-order valence-electron chi connectivity index (χ3n) is 5.21. The maximum absolute atomic E-state index is 12.6. The molecule has 138 valence electrons. The number of rotatable bonds is 5. The molecule has 1 atom stereocenters. The number of aryl methyl sites for hydroxylation is 1. The molecule has 0 saturated carbocycles. The molecular formula is C20H26N4O2. The van der Waals surface area contributed by atoms with Crippen LogP contribution in [-0.2, 0) is 16.0 Å². The van der Waals surface area contributed by atoms with Crippen LogP contribution in [0, 0.1) is 19.8 Å². The van der Waals surface area contributed by atoms with Gasteiger partial charge in [0.05, 0.1) is 17.3 Å². The van der Waals surface area contributed by atoms with E-state index in [1.54, 1.807) is 4.90 Å². The Kier molecular flexibility index (Phi) is 5.40. The zero-order valence-corrected chi connectivity index (χ0v) is 15.4. The molecule has 2 heterocycles. The first-order chi connectivity index (χ1) is 12.5. The number of para-hydroxylation sites is 1. The summed E-state index contributed by atoms with van der Waals surface area (Å²) in [7, 11) is 0. The number of carbonyl (C=O) groups is 2. The molecule has 3 rings (SSSR count). The van der Waals surface area contributed by atoms with Crippen molar-refractivity contribution in [1.29, 1.82) is 0 Å². The van der Waals surface area contributed by atoms with Crippen LogP contribution in [0.2, 0.25) is 0 Å². The summed E-state index contributed by atoms with van der Waals surface area (Å²) in [6.07, 6.45) is 2.69. The summed E-state index contributed by atoms with van der Waals surface area (Å²) >= 11 is 0. The number of likely N-dealkylation sites (tertiary alicyclic amines) is 1. The zero-order chi connectivity index (χ0) is 18.7. The molecule has 1 aliphatic heterocycles. The fourth-order valence-electron chi connectivity index (χ4n) is 3.68. The van der Waals surface area contributed by atoms with E-state index in [2.05, 4.69) is 5.10 Å². The highest BCUT2D eigenvalue weighted by Gasteiger charge is 2.27. The smallest absolute Gasteiger partial charge is 0.222 e. The largest absolute Gasteiger partial charge is 0.369 e. The van der Waals surface area contributed by atoms with Crippen molar-refractivity contribution in [3.05, 3.63) is 47.3 Å². The Morgan fingerprint density at radius 1 is 1.23 bits per heavy atom. The molecule has 2 aromatic rings. The molecule has 6 nitrogen and oxygen atoms in total. The van der Waals surface area contributed by atoms with Crippen molar-refractivity contribution in [1.82, 2.24) is 14.7 Å². The van der Waals surface area contributed by atoms with E-state index in [4.69, 9.17) is 5.73 Å². The first-order valence-electron chi connectivity index (χ1n) is 9.15. The van der Waals surface area contributed by atoms with Gasteiger partial charge in [-0.1, -0.05) is 18.2 Å². The molecule has 26 heavy (non-hydrogen) atoms. The SMILES string of the molecule is Cc1nn(-c2ccccc2)c(C)c1CCC(=O)N1CCC[C@H](C(N)=O)C1. The lowest BCUT2D eigenvalue weighted by Crippen LogP contribution is -2.44. The van der Waals surface area contributed by atoms with Crippen LogP contribution in [0.4, 0.5) is 0 Å². The minimum atomic E-state index is -0.307. The third kappa shape index (κ3) is 3.79. The Balaban J connectivity index is 1.67. The van der Waals surface area contributed by atoms with Crippen molar-refractivity contribution in [3.8, 4) is 5.69 Å². The van der Waals surface area contributed by atoms with Gasteiger partial charge >= 0.3 is 0 Å². The number of amides is 2. The van der Waals surface area contributed by atoms with E-state index < -0.39 is 0 Å². The third-order valence-corrected chi connectivity index (χ3v) is 5.21. The van der Waals surface area contributed by atoms with Crippen LogP contribution >= 0.6 is 0 Å². The molecule has 0 spiro atoms. The molecule has 1 fully saturated rings. The van der Waals surface area contributed by atoms with Gasteiger partial charge in [0.25, 0.3) is 0 Å². The molecule has 1 aliphatic rings. The van der Waals surface area contributed by atoms with Gasteiger partial charge in [0.2, 0.25) is 11.8 Å². The Labute approximate surface area is 154 Å². The van der Waals surface area contributed by atoms with Crippen LogP contribution in [0.15, 0.2) is 30.3 Å². The molecule has 0 radical (unpaired) electrons. The predicted octanol–water partition coefficient (Wildman–Crippen LogP) is 2.15. The van der Waals surface area contributed by atoms with Gasteiger partial charge in [0.1, 0.15) is 0 Å². The molecule has 0 aliphatic carbocycles. The van der Waals surface area contributed by atoms with Crippen molar-refractivity contribution < 1.29 is 9.59 Å². The second kappa shape index (κ2) is 7.72. The van der Waals surface area contributed by atoms with Crippen LogP contribution in [0.3, 0.4) is 0 Å². The first-order valence-corrected chi connectivity index (χ1v) is 9.15. The van der Waals surface area contributed by atoms with Gasteiger partial charge in [-0.2, -0.15) is 5.10 Å². The van der Waals surface area contributed by atoms with Gasteiger partial charge in [-0.3, -0.25) is 9.59 Å². The molecule has 2 amide bonds. The summed E-state index contributed by atoms with van der Waals surface area (Å²) in [5, 5.41) is 4.64.